The number of nitriles is 1. The van der Waals surface area contributed by atoms with Crippen LogP contribution in [0.1, 0.15) is 41.7 Å². The Kier molecular flexibility index (Phi) is 5.86. The summed E-state index contributed by atoms with van der Waals surface area (Å²) in [5, 5.41) is 12.9. The lowest BCUT2D eigenvalue weighted by atomic mass is 9.76. The summed E-state index contributed by atoms with van der Waals surface area (Å²) < 4.78 is 0. The van der Waals surface area contributed by atoms with Crippen LogP contribution in [-0.2, 0) is 11.8 Å². The van der Waals surface area contributed by atoms with E-state index in [0.717, 1.165) is 39.4 Å². The van der Waals surface area contributed by atoms with Crippen LogP contribution in [0.25, 0.3) is 50.8 Å². The van der Waals surface area contributed by atoms with Crippen LogP contribution in [0.2, 0.25) is 0 Å². The summed E-state index contributed by atoms with van der Waals surface area (Å²) in [6, 6.07) is 38.4. The highest BCUT2D eigenvalue weighted by atomic mass is 32.2. The molecular weight excluding hydrogens is 543 g/mol. The molecule has 8 rings (SSSR count). The van der Waals surface area contributed by atoms with Gasteiger partial charge in [0.25, 0.3) is 0 Å². The fraction of sp³-hybridized carbons (Fsp3) is 0.103. The van der Waals surface area contributed by atoms with Crippen molar-refractivity contribution in [2.24, 2.45) is 0 Å². The SMILES string of the molecule is CC1(C)c2ccccc2Sc2c1ccc(C#N)c2-c1cc(-c2ccccc2)nc(-c2cc3c4c(cccc4c2)CC=C3)n1. The third-order valence-corrected chi connectivity index (χ3v) is 9.97. The highest BCUT2D eigenvalue weighted by Gasteiger charge is 2.35. The first-order chi connectivity index (χ1) is 21.0. The summed E-state index contributed by atoms with van der Waals surface area (Å²) in [4.78, 5) is 12.7. The molecule has 0 amide bonds. The Balaban J connectivity index is 1.40. The summed E-state index contributed by atoms with van der Waals surface area (Å²) in [5.74, 6) is 0.654. The van der Waals surface area contributed by atoms with E-state index in [2.05, 4.69) is 105 Å². The Labute approximate surface area is 255 Å². The van der Waals surface area contributed by atoms with Gasteiger partial charge in [-0.15, -0.1) is 0 Å². The van der Waals surface area contributed by atoms with Gasteiger partial charge in [0.05, 0.1) is 23.0 Å². The van der Waals surface area contributed by atoms with Crippen molar-refractivity contribution in [1.29, 1.82) is 5.26 Å². The van der Waals surface area contributed by atoms with Crippen LogP contribution in [0.4, 0.5) is 0 Å². The predicted octanol–water partition coefficient (Wildman–Crippen LogP) is 9.86. The average molecular weight is 570 g/mol. The molecule has 1 aliphatic carbocycles. The quantitative estimate of drug-likeness (QED) is 0.213. The van der Waals surface area contributed by atoms with Gasteiger partial charge in [0.15, 0.2) is 5.82 Å². The van der Waals surface area contributed by atoms with E-state index in [-0.39, 0.29) is 5.41 Å². The molecule has 3 nitrogen and oxygen atoms in total. The molecule has 0 saturated heterocycles. The first-order valence-corrected chi connectivity index (χ1v) is 15.4. The van der Waals surface area contributed by atoms with Crippen LogP contribution in [0.15, 0.2) is 119 Å². The zero-order chi connectivity index (χ0) is 29.1. The highest BCUT2D eigenvalue weighted by molar-refractivity contribution is 7.99. The second-order valence-electron chi connectivity index (χ2n) is 11.7. The van der Waals surface area contributed by atoms with Crippen molar-refractivity contribution in [3.8, 4) is 40.0 Å². The van der Waals surface area contributed by atoms with Gasteiger partial charge < -0.3 is 0 Å². The van der Waals surface area contributed by atoms with E-state index in [1.807, 2.05) is 30.3 Å². The number of benzene rings is 5. The smallest absolute Gasteiger partial charge is 0.160 e. The number of hydrogen-bond acceptors (Lipinski definition) is 4. The monoisotopic (exact) mass is 569 g/mol. The van der Waals surface area contributed by atoms with Gasteiger partial charge in [-0.1, -0.05) is 111 Å². The molecule has 6 aromatic rings. The number of allylic oxidation sites excluding steroid dienone is 1. The van der Waals surface area contributed by atoms with Crippen LogP contribution in [0, 0.1) is 11.3 Å². The molecule has 0 fully saturated rings. The van der Waals surface area contributed by atoms with Gasteiger partial charge in [0.1, 0.15) is 0 Å². The summed E-state index contributed by atoms with van der Waals surface area (Å²) in [5.41, 5.74) is 9.88. The topological polar surface area (TPSA) is 49.6 Å². The minimum atomic E-state index is -0.219. The van der Waals surface area contributed by atoms with Gasteiger partial charge in [0.2, 0.25) is 0 Å². The molecule has 0 atom stereocenters. The molecule has 0 N–H and O–H groups in total. The third-order valence-electron chi connectivity index (χ3n) is 8.76. The summed E-state index contributed by atoms with van der Waals surface area (Å²) in [6.45, 7) is 4.53. The molecule has 204 valence electrons. The van der Waals surface area contributed by atoms with Crippen LogP contribution in [0.3, 0.4) is 0 Å². The fourth-order valence-electron chi connectivity index (χ4n) is 6.60. The van der Waals surface area contributed by atoms with Gasteiger partial charge >= 0.3 is 0 Å². The molecule has 2 heterocycles. The third kappa shape index (κ3) is 4.12. The Morgan fingerprint density at radius 3 is 2.44 bits per heavy atom. The van der Waals surface area contributed by atoms with Crippen molar-refractivity contribution in [1.82, 2.24) is 9.97 Å². The Morgan fingerprint density at radius 1 is 0.767 bits per heavy atom. The first-order valence-electron chi connectivity index (χ1n) is 14.5. The molecule has 2 aliphatic rings. The lowest BCUT2D eigenvalue weighted by Gasteiger charge is -2.35. The number of hydrogen-bond donors (Lipinski definition) is 0. The van der Waals surface area contributed by atoms with E-state index in [4.69, 9.17) is 9.97 Å². The number of fused-ring (bicyclic) bond motifs is 2. The molecule has 0 saturated carbocycles. The molecule has 0 bridgehead atoms. The number of aromatic nitrogens is 2. The maximum Gasteiger partial charge on any atom is 0.160 e. The molecule has 0 unspecified atom stereocenters. The van der Waals surface area contributed by atoms with Gasteiger partial charge in [-0.2, -0.15) is 5.26 Å². The van der Waals surface area contributed by atoms with E-state index in [1.165, 1.54) is 37.9 Å². The van der Waals surface area contributed by atoms with Crippen molar-refractivity contribution in [3.05, 3.63) is 137 Å². The van der Waals surface area contributed by atoms with Crippen LogP contribution in [-0.4, -0.2) is 9.97 Å². The van der Waals surface area contributed by atoms with Crippen LogP contribution >= 0.6 is 11.8 Å². The van der Waals surface area contributed by atoms with Gasteiger partial charge in [0, 0.05) is 31.9 Å². The molecule has 0 spiro atoms. The first kappa shape index (κ1) is 25.7. The van der Waals surface area contributed by atoms with Gasteiger partial charge in [-0.05, 0) is 69.8 Å². The Hall–Kier alpha value is -4.98. The Morgan fingerprint density at radius 2 is 1.58 bits per heavy atom. The van der Waals surface area contributed by atoms with Crippen molar-refractivity contribution < 1.29 is 0 Å². The molecule has 43 heavy (non-hydrogen) atoms. The molecular formula is C39H27N3S. The van der Waals surface area contributed by atoms with Crippen molar-refractivity contribution in [3.63, 3.8) is 0 Å². The van der Waals surface area contributed by atoms with Crippen LogP contribution in [0.5, 0.6) is 0 Å². The van der Waals surface area contributed by atoms with E-state index >= 15 is 0 Å². The van der Waals surface area contributed by atoms with Crippen LogP contribution < -0.4 is 0 Å². The molecule has 0 radical (unpaired) electrons. The van der Waals surface area contributed by atoms with E-state index < -0.39 is 0 Å². The van der Waals surface area contributed by atoms with Crippen molar-refractivity contribution in [2.75, 3.05) is 0 Å². The summed E-state index contributed by atoms with van der Waals surface area (Å²) in [7, 11) is 0. The Bertz CT molecular complexity index is 2170. The second-order valence-corrected chi connectivity index (χ2v) is 12.8. The predicted molar refractivity (Wildman–Crippen MR) is 176 cm³/mol. The minimum absolute atomic E-state index is 0.219. The average Bonchev–Trinajstić information content (AvgIpc) is 3.04. The normalized spacial score (nSPS) is 14.2. The maximum atomic E-state index is 10.4. The zero-order valence-corrected chi connectivity index (χ0v) is 24.7. The number of nitrogens with zero attached hydrogens (tertiary/aromatic N) is 3. The second kappa shape index (κ2) is 9.80. The van der Waals surface area contributed by atoms with E-state index in [1.54, 1.807) is 11.8 Å². The van der Waals surface area contributed by atoms with Gasteiger partial charge in [-0.25, -0.2) is 9.97 Å². The summed E-state index contributed by atoms with van der Waals surface area (Å²) in [6.07, 6.45) is 5.37. The van der Waals surface area contributed by atoms with E-state index in [0.29, 0.717) is 11.4 Å². The van der Waals surface area contributed by atoms with E-state index in [9.17, 15) is 5.26 Å². The molecule has 4 heteroatoms. The molecule has 1 aliphatic heterocycles. The highest BCUT2D eigenvalue weighted by Crippen LogP contribution is 2.53. The number of rotatable bonds is 3. The lowest BCUT2D eigenvalue weighted by molar-refractivity contribution is 0.608. The maximum absolute atomic E-state index is 10.4. The summed E-state index contributed by atoms with van der Waals surface area (Å²) >= 11 is 1.74. The minimum Gasteiger partial charge on any atom is -0.228 e. The molecule has 1 aromatic heterocycles. The standard InChI is InChI=1S/C39H27N3S/c1-39(2)30-16-6-7-17-34(30)43-37-31(39)19-18-28(23-40)36(37)33-22-32(24-10-4-3-5-11-24)41-38(42-33)29-20-26-14-8-12-25-13-9-15-27(21-29)35(25)26/h3-12,14-22H,13H2,1-2H3. The van der Waals surface area contributed by atoms with Crippen molar-refractivity contribution in [2.45, 2.75) is 35.5 Å². The largest absolute Gasteiger partial charge is 0.228 e. The zero-order valence-electron chi connectivity index (χ0n) is 23.9. The fourth-order valence-corrected chi connectivity index (χ4v) is 8.15. The lowest BCUT2D eigenvalue weighted by Crippen LogP contribution is -2.24. The molecule has 5 aromatic carbocycles. The van der Waals surface area contributed by atoms with Crippen molar-refractivity contribution >= 4 is 28.6 Å². The van der Waals surface area contributed by atoms with Gasteiger partial charge in [-0.3, -0.25) is 0 Å².